The van der Waals surface area contributed by atoms with Crippen LogP contribution < -0.4 is 0 Å². The molecule has 0 heteroatoms. The Bertz CT molecular complexity index is 2950. The first-order valence-electron chi connectivity index (χ1n) is 17.3. The Kier molecular flexibility index (Phi) is 5.27. The van der Waals surface area contributed by atoms with Crippen LogP contribution in [0.25, 0.3) is 98.0 Å². The second-order valence-corrected chi connectivity index (χ2v) is 14.5. The van der Waals surface area contributed by atoms with Gasteiger partial charge in [0.05, 0.1) is 0 Å². The molecule has 0 radical (unpaired) electrons. The first kappa shape index (κ1) is 27.0. The highest BCUT2D eigenvalue weighted by Crippen LogP contribution is 2.51. The smallest absolute Gasteiger partial charge is 0.0159 e. The average Bonchev–Trinajstić information content (AvgIpc) is 3.38. The second kappa shape index (κ2) is 9.56. The predicted molar refractivity (Wildman–Crippen MR) is 211 cm³/mol. The third-order valence-corrected chi connectivity index (χ3v) is 11.5. The molecule has 0 bridgehead atoms. The minimum Gasteiger partial charge on any atom is -0.0616 e. The van der Waals surface area contributed by atoms with Crippen LogP contribution in [0.5, 0.6) is 0 Å². The van der Waals surface area contributed by atoms with Crippen molar-refractivity contribution in [3.8, 4) is 33.4 Å². The summed E-state index contributed by atoms with van der Waals surface area (Å²) in [6.07, 6.45) is 0. The molecule has 10 aromatic rings. The summed E-state index contributed by atoms with van der Waals surface area (Å²) < 4.78 is 0. The van der Waals surface area contributed by atoms with Crippen LogP contribution >= 0.6 is 0 Å². The van der Waals surface area contributed by atoms with Gasteiger partial charge in [0, 0.05) is 5.41 Å². The summed E-state index contributed by atoms with van der Waals surface area (Å²) in [6, 6.07) is 59.6. The summed E-state index contributed by atoms with van der Waals surface area (Å²) in [6.45, 7) is 4.77. The van der Waals surface area contributed by atoms with Crippen LogP contribution in [0.4, 0.5) is 0 Å². The fourth-order valence-electron chi connectivity index (χ4n) is 9.03. The number of benzene rings is 10. The fraction of sp³-hybridized carbons (Fsp3) is 0.0612. The molecule has 0 saturated carbocycles. The molecular weight excluding hydrogens is 589 g/mol. The van der Waals surface area contributed by atoms with Gasteiger partial charge in [-0.05, 0) is 139 Å². The summed E-state index contributed by atoms with van der Waals surface area (Å²) in [7, 11) is 0. The van der Waals surface area contributed by atoms with Gasteiger partial charge in [-0.3, -0.25) is 0 Å². The van der Waals surface area contributed by atoms with Crippen LogP contribution in [-0.2, 0) is 5.41 Å². The average molecular weight is 621 g/mol. The summed E-state index contributed by atoms with van der Waals surface area (Å²) in [5, 5.41) is 15.8. The van der Waals surface area contributed by atoms with Crippen molar-refractivity contribution in [1.29, 1.82) is 0 Å². The van der Waals surface area contributed by atoms with E-state index >= 15 is 0 Å². The van der Waals surface area contributed by atoms with Crippen LogP contribution in [0.15, 0.2) is 158 Å². The van der Waals surface area contributed by atoms with Gasteiger partial charge in [-0.1, -0.05) is 141 Å². The maximum absolute atomic E-state index is 2.45. The first-order chi connectivity index (χ1) is 24.0. The van der Waals surface area contributed by atoms with E-state index in [4.69, 9.17) is 0 Å². The molecule has 1 aliphatic rings. The first-order valence-corrected chi connectivity index (χ1v) is 17.3. The largest absolute Gasteiger partial charge is 0.0616 e. The lowest BCUT2D eigenvalue weighted by atomic mass is 9.81. The second-order valence-electron chi connectivity index (χ2n) is 14.5. The zero-order valence-corrected chi connectivity index (χ0v) is 27.5. The van der Waals surface area contributed by atoms with Gasteiger partial charge in [0.2, 0.25) is 0 Å². The molecule has 0 spiro atoms. The number of hydrogen-bond donors (Lipinski definition) is 0. The Morgan fingerprint density at radius 2 is 0.857 bits per heavy atom. The maximum atomic E-state index is 2.45. The van der Waals surface area contributed by atoms with E-state index in [1.807, 2.05) is 0 Å². The highest BCUT2D eigenvalue weighted by molar-refractivity contribution is 6.24. The summed E-state index contributed by atoms with van der Waals surface area (Å²) in [4.78, 5) is 0. The molecule has 228 valence electrons. The number of hydrogen-bond acceptors (Lipinski definition) is 0. The summed E-state index contributed by atoms with van der Waals surface area (Å²) in [5.74, 6) is 0. The van der Waals surface area contributed by atoms with Crippen LogP contribution in [0.1, 0.15) is 25.0 Å². The van der Waals surface area contributed by atoms with Crippen molar-refractivity contribution in [3.05, 3.63) is 169 Å². The molecule has 0 unspecified atom stereocenters. The molecule has 11 rings (SSSR count). The Morgan fingerprint density at radius 1 is 0.306 bits per heavy atom. The highest BCUT2D eigenvalue weighted by atomic mass is 14.4. The van der Waals surface area contributed by atoms with Gasteiger partial charge in [0.15, 0.2) is 0 Å². The summed E-state index contributed by atoms with van der Waals surface area (Å²) >= 11 is 0. The van der Waals surface area contributed by atoms with E-state index in [9.17, 15) is 0 Å². The SMILES string of the molecule is CC1(C)c2ccc(-c3cc4ccc5cccc6ccc(c3)c4c56)cc2-c2ccc(-c3ccc4ccc5c6ccccc6ccc5c4c3)cc21. The van der Waals surface area contributed by atoms with Crippen molar-refractivity contribution in [2.45, 2.75) is 19.3 Å². The molecule has 0 nitrogen and oxygen atoms in total. The van der Waals surface area contributed by atoms with E-state index < -0.39 is 0 Å². The highest BCUT2D eigenvalue weighted by Gasteiger charge is 2.35. The minimum absolute atomic E-state index is 0.0882. The maximum Gasteiger partial charge on any atom is 0.0159 e. The van der Waals surface area contributed by atoms with E-state index in [2.05, 4.69) is 172 Å². The standard InChI is InChI=1S/C49H32/c1-49(2)45-23-19-34(38-24-36-14-11-31-7-5-8-32-12-15-37(25-38)48(36)47(31)32)27-44(45)42-22-18-35(28-46(42)49)33-13-10-30-17-20-40-39-9-4-3-6-29(39)16-21-41(40)43(30)26-33/h3-28H,1-2H3. The van der Waals surface area contributed by atoms with Crippen molar-refractivity contribution in [3.63, 3.8) is 0 Å². The van der Waals surface area contributed by atoms with E-state index in [0.717, 1.165) is 0 Å². The Hall–Kier alpha value is -5.98. The van der Waals surface area contributed by atoms with Crippen molar-refractivity contribution in [1.82, 2.24) is 0 Å². The van der Waals surface area contributed by atoms with Gasteiger partial charge in [-0.2, -0.15) is 0 Å². The van der Waals surface area contributed by atoms with Crippen molar-refractivity contribution < 1.29 is 0 Å². The molecule has 0 atom stereocenters. The normalized spacial score (nSPS) is 13.7. The molecule has 10 aromatic carbocycles. The van der Waals surface area contributed by atoms with E-state index in [1.165, 1.54) is 109 Å². The van der Waals surface area contributed by atoms with Crippen molar-refractivity contribution in [2.75, 3.05) is 0 Å². The summed E-state index contributed by atoms with van der Waals surface area (Å²) in [5.41, 5.74) is 10.5. The minimum atomic E-state index is -0.0882. The molecule has 49 heavy (non-hydrogen) atoms. The van der Waals surface area contributed by atoms with Gasteiger partial charge in [-0.15, -0.1) is 0 Å². The number of fused-ring (bicyclic) bond motifs is 8. The predicted octanol–water partition coefficient (Wildman–Crippen LogP) is 13.7. The topological polar surface area (TPSA) is 0 Å². The Balaban J connectivity index is 1.03. The third kappa shape index (κ3) is 3.75. The van der Waals surface area contributed by atoms with Gasteiger partial charge < -0.3 is 0 Å². The van der Waals surface area contributed by atoms with Gasteiger partial charge in [-0.25, -0.2) is 0 Å². The van der Waals surface area contributed by atoms with Crippen molar-refractivity contribution in [2.24, 2.45) is 0 Å². The molecule has 0 fully saturated rings. The lowest BCUT2D eigenvalue weighted by Crippen LogP contribution is -2.15. The Morgan fingerprint density at radius 3 is 1.65 bits per heavy atom. The zero-order chi connectivity index (χ0) is 32.4. The van der Waals surface area contributed by atoms with Crippen LogP contribution in [0.3, 0.4) is 0 Å². The van der Waals surface area contributed by atoms with Gasteiger partial charge in [0.25, 0.3) is 0 Å². The van der Waals surface area contributed by atoms with Crippen LogP contribution in [0.2, 0.25) is 0 Å². The molecular formula is C49H32. The molecule has 0 aliphatic heterocycles. The fourth-order valence-corrected chi connectivity index (χ4v) is 9.03. The monoisotopic (exact) mass is 620 g/mol. The number of rotatable bonds is 2. The molecule has 0 aromatic heterocycles. The third-order valence-electron chi connectivity index (χ3n) is 11.5. The van der Waals surface area contributed by atoms with Gasteiger partial charge in [0.1, 0.15) is 0 Å². The molecule has 0 amide bonds. The lowest BCUT2D eigenvalue weighted by molar-refractivity contribution is 0.660. The van der Waals surface area contributed by atoms with Crippen LogP contribution in [-0.4, -0.2) is 0 Å². The van der Waals surface area contributed by atoms with Crippen LogP contribution in [0, 0.1) is 0 Å². The van der Waals surface area contributed by atoms with Gasteiger partial charge >= 0.3 is 0 Å². The molecule has 0 heterocycles. The molecule has 0 saturated heterocycles. The Labute approximate surface area is 285 Å². The van der Waals surface area contributed by atoms with Crippen molar-refractivity contribution >= 4 is 64.6 Å². The van der Waals surface area contributed by atoms with E-state index in [1.54, 1.807) is 0 Å². The zero-order valence-electron chi connectivity index (χ0n) is 27.5. The van der Waals surface area contributed by atoms with E-state index in [-0.39, 0.29) is 5.41 Å². The molecule has 1 aliphatic carbocycles. The van der Waals surface area contributed by atoms with E-state index in [0.29, 0.717) is 0 Å². The quantitative estimate of drug-likeness (QED) is 0.169. The lowest BCUT2D eigenvalue weighted by Gasteiger charge is -2.22. The molecule has 0 N–H and O–H groups in total.